The van der Waals surface area contributed by atoms with E-state index in [4.69, 9.17) is 11.6 Å². The summed E-state index contributed by atoms with van der Waals surface area (Å²) in [5, 5.41) is 0.816. The third-order valence-corrected chi connectivity index (χ3v) is 4.16. The number of hydrogen-bond donors (Lipinski definition) is 2. The maximum Gasteiger partial charge on any atom is 0.0562 e. The predicted octanol–water partition coefficient (Wildman–Crippen LogP) is 5.92. The van der Waals surface area contributed by atoms with E-state index in [1.165, 1.54) is 0 Å². The van der Waals surface area contributed by atoms with Gasteiger partial charge < -0.3 is 10.9 Å². The molecule has 0 amide bonds. The van der Waals surface area contributed by atoms with Gasteiger partial charge in [0.1, 0.15) is 0 Å². The van der Waals surface area contributed by atoms with Crippen molar-refractivity contribution in [3.8, 4) is 0 Å². The average Bonchev–Trinajstić information content (AvgIpc) is 2.32. The maximum absolute atomic E-state index is 6.15. The number of benzene rings is 2. The monoisotopic (exact) mass is 402 g/mol. The molecule has 0 unspecified atom stereocenters. The van der Waals surface area contributed by atoms with Crippen LogP contribution >= 0.6 is 43.5 Å². The van der Waals surface area contributed by atoms with Crippen LogP contribution in [0.15, 0.2) is 39.3 Å². The van der Waals surface area contributed by atoms with Crippen molar-refractivity contribution in [2.24, 2.45) is 0 Å². The molecule has 2 aromatic rings. The van der Waals surface area contributed by atoms with Crippen LogP contribution in [0.5, 0.6) is 0 Å². The lowest BCUT2D eigenvalue weighted by Crippen LogP contribution is -2.09. The molecule has 0 fully saturated rings. The van der Waals surface area contributed by atoms with Crippen molar-refractivity contribution in [2.45, 2.75) is 13.8 Å². The third kappa shape index (κ3) is 3.88. The molecule has 2 rings (SSSR count). The van der Waals surface area contributed by atoms with E-state index in [2.05, 4.69) is 42.7 Å². The molecular formula is C14H13Br2ClN2. The Kier molecular flexibility index (Phi) is 4.76. The summed E-state index contributed by atoms with van der Waals surface area (Å²) in [6.07, 6.45) is 0. The van der Waals surface area contributed by atoms with Crippen molar-refractivity contribution < 1.29 is 0 Å². The first-order chi connectivity index (χ1) is 8.95. The predicted molar refractivity (Wildman–Crippen MR) is 90.0 cm³/mol. The standard InChI is InChI=1S/C14H13Br2ClN2/c1-8-3-12(4-9(2)14(8)17)18-19-13-6-10(15)5-11(16)7-13/h3-7,18-19H,1-2H3. The minimum absolute atomic E-state index is 0.816. The highest BCUT2D eigenvalue weighted by molar-refractivity contribution is 9.11. The van der Waals surface area contributed by atoms with Crippen LogP contribution in [0, 0.1) is 13.8 Å². The molecule has 0 saturated heterocycles. The van der Waals surface area contributed by atoms with Gasteiger partial charge in [0.05, 0.1) is 11.4 Å². The lowest BCUT2D eigenvalue weighted by atomic mass is 10.1. The Hall–Kier alpha value is -0.710. The SMILES string of the molecule is Cc1cc(NNc2cc(Br)cc(Br)c2)cc(C)c1Cl. The van der Waals surface area contributed by atoms with Crippen molar-refractivity contribution in [2.75, 3.05) is 10.9 Å². The second kappa shape index (κ2) is 6.16. The molecule has 2 nitrogen and oxygen atoms in total. The molecular weight excluding hydrogens is 391 g/mol. The summed E-state index contributed by atoms with van der Waals surface area (Å²) in [4.78, 5) is 0. The zero-order valence-corrected chi connectivity index (χ0v) is 14.4. The number of rotatable bonds is 3. The van der Waals surface area contributed by atoms with Gasteiger partial charge in [-0.3, -0.25) is 0 Å². The molecule has 0 radical (unpaired) electrons. The molecule has 2 aromatic carbocycles. The van der Waals surface area contributed by atoms with Crippen LogP contribution in [0.1, 0.15) is 11.1 Å². The van der Waals surface area contributed by atoms with E-state index >= 15 is 0 Å². The van der Waals surface area contributed by atoms with Gasteiger partial charge in [0.15, 0.2) is 0 Å². The molecule has 0 aliphatic rings. The van der Waals surface area contributed by atoms with Crippen LogP contribution in [0.2, 0.25) is 5.02 Å². The number of hydrogen-bond acceptors (Lipinski definition) is 2. The highest BCUT2D eigenvalue weighted by Crippen LogP contribution is 2.26. The lowest BCUT2D eigenvalue weighted by Gasteiger charge is -2.13. The lowest BCUT2D eigenvalue weighted by molar-refractivity contribution is 1.34. The number of hydrazine groups is 1. The highest BCUT2D eigenvalue weighted by atomic mass is 79.9. The zero-order valence-electron chi connectivity index (χ0n) is 10.5. The van der Waals surface area contributed by atoms with E-state index in [1.54, 1.807) is 0 Å². The molecule has 0 saturated carbocycles. The van der Waals surface area contributed by atoms with Crippen LogP contribution in [0.3, 0.4) is 0 Å². The fourth-order valence-corrected chi connectivity index (χ4v) is 3.19. The van der Waals surface area contributed by atoms with E-state index in [9.17, 15) is 0 Å². The summed E-state index contributed by atoms with van der Waals surface area (Å²) < 4.78 is 2.02. The Morgan fingerprint density at radius 2 is 1.21 bits per heavy atom. The Morgan fingerprint density at radius 3 is 1.68 bits per heavy atom. The van der Waals surface area contributed by atoms with E-state index < -0.39 is 0 Å². The molecule has 0 spiro atoms. The van der Waals surface area contributed by atoms with E-state index in [-0.39, 0.29) is 0 Å². The summed E-state index contributed by atoms with van der Waals surface area (Å²) >= 11 is 13.1. The molecule has 19 heavy (non-hydrogen) atoms. The first-order valence-corrected chi connectivity index (χ1v) is 7.67. The van der Waals surface area contributed by atoms with Gasteiger partial charge >= 0.3 is 0 Å². The van der Waals surface area contributed by atoms with E-state index in [1.807, 2.05) is 44.2 Å². The fourth-order valence-electron chi connectivity index (χ4n) is 1.79. The smallest absolute Gasteiger partial charge is 0.0562 e. The van der Waals surface area contributed by atoms with Crippen LogP contribution in [0.25, 0.3) is 0 Å². The van der Waals surface area contributed by atoms with Crippen LogP contribution in [0.4, 0.5) is 11.4 Å². The van der Waals surface area contributed by atoms with Crippen LogP contribution in [-0.4, -0.2) is 0 Å². The second-order valence-electron chi connectivity index (χ2n) is 4.33. The number of anilines is 2. The minimum atomic E-state index is 0.816. The number of nitrogens with one attached hydrogen (secondary N) is 2. The normalized spacial score (nSPS) is 10.4. The molecule has 5 heteroatoms. The fraction of sp³-hybridized carbons (Fsp3) is 0.143. The summed E-state index contributed by atoms with van der Waals surface area (Å²) in [6.45, 7) is 3.99. The molecule has 0 aromatic heterocycles. The molecule has 0 aliphatic heterocycles. The first kappa shape index (κ1) is 14.7. The first-order valence-electron chi connectivity index (χ1n) is 5.70. The Bertz CT molecular complexity index is 571. The Labute approximate surface area is 134 Å². The Balaban J connectivity index is 2.14. The minimum Gasteiger partial charge on any atom is -0.301 e. The molecule has 100 valence electrons. The third-order valence-electron chi connectivity index (χ3n) is 2.65. The highest BCUT2D eigenvalue weighted by Gasteiger charge is 2.03. The largest absolute Gasteiger partial charge is 0.301 e. The van der Waals surface area contributed by atoms with Gasteiger partial charge in [0, 0.05) is 14.0 Å². The van der Waals surface area contributed by atoms with Gasteiger partial charge in [0.25, 0.3) is 0 Å². The molecule has 0 heterocycles. The molecule has 0 aliphatic carbocycles. The van der Waals surface area contributed by atoms with Crippen molar-refractivity contribution in [1.82, 2.24) is 0 Å². The van der Waals surface area contributed by atoms with E-state index in [0.29, 0.717) is 0 Å². The molecule has 0 bridgehead atoms. The van der Waals surface area contributed by atoms with Crippen LogP contribution < -0.4 is 10.9 Å². The zero-order chi connectivity index (χ0) is 14.0. The molecule has 2 N–H and O–H groups in total. The number of halogens is 3. The summed E-state index contributed by atoms with van der Waals surface area (Å²) in [5.41, 5.74) is 10.4. The van der Waals surface area contributed by atoms with Gasteiger partial charge in [0.2, 0.25) is 0 Å². The number of aryl methyl sites for hydroxylation is 2. The average molecular weight is 405 g/mol. The topological polar surface area (TPSA) is 24.1 Å². The van der Waals surface area contributed by atoms with Crippen LogP contribution in [-0.2, 0) is 0 Å². The van der Waals surface area contributed by atoms with E-state index in [0.717, 1.165) is 36.5 Å². The summed E-state index contributed by atoms with van der Waals surface area (Å²) in [5.74, 6) is 0. The summed E-state index contributed by atoms with van der Waals surface area (Å²) in [7, 11) is 0. The molecule has 0 atom stereocenters. The van der Waals surface area contributed by atoms with Gasteiger partial charge in [-0.05, 0) is 55.3 Å². The van der Waals surface area contributed by atoms with Gasteiger partial charge in [-0.25, -0.2) is 0 Å². The second-order valence-corrected chi connectivity index (χ2v) is 6.54. The quantitative estimate of drug-likeness (QED) is 0.621. The van der Waals surface area contributed by atoms with Gasteiger partial charge in [-0.2, -0.15) is 0 Å². The Morgan fingerprint density at radius 1 is 0.789 bits per heavy atom. The van der Waals surface area contributed by atoms with Crippen molar-refractivity contribution >= 4 is 54.8 Å². The van der Waals surface area contributed by atoms with Gasteiger partial charge in [-0.15, -0.1) is 0 Å². The maximum atomic E-state index is 6.15. The summed E-state index contributed by atoms with van der Waals surface area (Å²) in [6, 6.07) is 9.99. The van der Waals surface area contributed by atoms with Crippen molar-refractivity contribution in [3.05, 3.63) is 55.4 Å². The van der Waals surface area contributed by atoms with Crippen molar-refractivity contribution in [1.29, 1.82) is 0 Å². The van der Waals surface area contributed by atoms with Crippen molar-refractivity contribution in [3.63, 3.8) is 0 Å². The van der Waals surface area contributed by atoms with Gasteiger partial charge in [-0.1, -0.05) is 43.5 Å².